The lowest BCUT2D eigenvalue weighted by atomic mass is 10.1. The number of thioether (sulfide) groups is 1. The molecular formula is C22H22N4O4S. The van der Waals surface area contributed by atoms with Gasteiger partial charge in [0.15, 0.2) is 0 Å². The molecule has 1 aliphatic rings. The minimum Gasteiger partial charge on any atom is -0.497 e. The zero-order valence-corrected chi connectivity index (χ0v) is 18.0. The molecule has 0 radical (unpaired) electrons. The molecule has 1 atom stereocenters. The van der Waals surface area contributed by atoms with Crippen LogP contribution in [0.2, 0.25) is 0 Å². The second-order valence-electron chi connectivity index (χ2n) is 7.22. The molecule has 0 spiro atoms. The summed E-state index contributed by atoms with van der Waals surface area (Å²) in [5, 5.41) is 11.2. The first kappa shape index (κ1) is 20.9. The third-order valence-corrected chi connectivity index (χ3v) is 5.74. The molecule has 1 fully saturated rings. The smallest absolute Gasteiger partial charge is 0.277 e. The van der Waals surface area contributed by atoms with Crippen molar-refractivity contribution in [2.24, 2.45) is 0 Å². The van der Waals surface area contributed by atoms with Crippen LogP contribution in [-0.2, 0) is 9.59 Å². The lowest BCUT2D eigenvalue weighted by Gasteiger charge is -2.16. The third kappa shape index (κ3) is 5.05. The second kappa shape index (κ2) is 9.22. The quantitative estimate of drug-likeness (QED) is 0.563. The number of benzene rings is 2. The molecule has 160 valence electrons. The van der Waals surface area contributed by atoms with Crippen LogP contribution in [0.15, 0.2) is 58.2 Å². The van der Waals surface area contributed by atoms with Crippen LogP contribution in [0.3, 0.4) is 0 Å². The van der Waals surface area contributed by atoms with Crippen molar-refractivity contribution in [1.29, 1.82) is 0 Å². The fourth-order valence-electron chi connectivity index (χ4n) is 3.32. The molecule has 0 bridgehead atoms. The van der Waals surface area contributed by atoms with Crippen molar-refractivity contribution in [2.45, 2.75) is 24.5 Å². The van der Waals surface area contributed by atoms with Gasteiger partial charge in [0.1, 0.15) is 5.75 Å². The van der Waals surface area contributed by atoms with Crippen LogP contribution in [0.1, 0.15) is 23.8 Å². The Labute approximate surface area is 184 Å². The van der Waals surface area contributed by atoms with E-state index in [9.17, 15) is 9.59 Å². The highest BCUT2D eigenvalue weighted by atomic mass is 32.2. The first-order chi connectivity index (χ1) is 15.0. The van der Waals surface area contributed by atoms with Gasteiger partial charge in [-0.3, -0.25) is 9.59 Å². The predicted molar refractivity (Wildman–Crippen MR) is 118 cm³/mol. The number of nitrogens with one attached hydrogen (secondary N) is 1. The van der Waals surface area contributed by atoms with Crippen molar-refractivity contribution < 1.29 is 18.7 Å². The number of methoxy groups -OCH3 is 1. The number of ether oxygens (including phenoxy) is 1. The summed E-state index contributed by atoms with van der Waals surface area (Å²) in [7, 11) is 1.57. The van der Waals surface area contributed by atoms with Gasteiger partial charge in [-0.05, 0) is 31.2 Å². The number of hydrogen-bond acceptors (Lipinski definition) is 7. The molecular weight excluding hydrogens is 416 g/mol. The number of carbonyl (C=O) groups excluding carboxylic acids is 2. The number of amides is 2. The van der Waals surface area contributed by atoms with Crippen LogP contribution < -0.4 is 15.0 Å². The molecule has 2 aromatic carbocycles. The highest BCUT2D eigenvalue weighted by Crippen LogP contribution is 2.32. The minimum atomic E-state index is -0.195. The molecule has 9 heteroatoms. The van der Waals surface area contributed by atoms with E-state index in [0.29, 0.717) is 35.5 Å². The lowest BCUT2D eigenvalue weighted by Crippen LogP contribution is -2.24. The van der Waals surface area contributed by atoms with Gasteiger partial charge in [0.2, 0.25) is 17.7 Å². The van der Waals surface area contributed by atoms with Crippen LogP contribution in [0.25, 0.3) is 0 Å². The lowest BCUT2D eigenvalue weighted by molar-refractivity contribution is -0.117. The average Bonchev–Trinajstić information content (AvgIpc) is 3.40. The van der Waals surface area contributed by atoms with Gasteiger partial charge in [-0.25, -0.2) is 0 Å². The van der Waals surface area contributed by atoms with Gasteiger partial charge >= 0.3 is 0 Å². The van der Waals surface area contributed by atoms with Crippen LogP contribution in [0, 0.1) is 6.92 Å². The van der Waals surface area contributed by atoms with Gasteiger partial charge in [-0.15, -0.1) is 10.2 Å². The van der Waals surface area contributed by atoms with Crippen LogP contribution in [-0.4, -0.2) is 41.4 Å². The second-order valence-corrected chi connectivity index (χ2v) is 8.14. The maximum Gasteiger partial charge on any atom is 0.277 e. The van der Waals surface area contributed by atoms with E-state index in [2.05, 4.69) is 15.5 Å². The SMILES string of the molecule is COc1cccc(NC(=O)CSc2nnc([C@@H]3CC(=O)N(c4ccc(C)cc4)C3)o2)c1. The number of aromatic nitrogens is 2. The molecule has 1 saturated heterocycles. The monoisotopic (exact) mass is 438 g/mol. The van der Waals surface area contributed by atoms with Crippen LogP contribution in [0.4, 0.5) is 11.4 Å². The number of hydrogen-bond donors (Lipinski definition) is 1. The molecule has 0 saturated carbocycles. The molecule has 4 rings (SSSR count). The van der Waals surface area contributed by atoms with Crippen molar-refractivity contribution in [3.63, 3.8) is 0 Å². The Hall–Kier alpha value is -3.33. The van der Waals surface area contributed by atoms with Gasteiger partial charge in [0, 0.05) is 30.4 Å². The van der Waals surface area contributed by atoms with E-state index in [1.54, 1.807) is 36.3 Å². The van der Waals surface area contributed by atoms with Crippen molar-refractivity contribution in [3.05, 3.63) is 60.0 Å². The zero-order valence-electron chi connectivity index (χ0n) is 17.2. The van der Waals surface area contributed by atoms with Gasteiger partial charge in [-0.1, -0.05) is 35.5 Å². The van der Waals surface area contributed by atoms with E-state index in [4.69, 9.17) is 9.15 Å². The van der Waals surface area contributed by atoms with Gasteiger partial charge in [-0.2, -0.15) is 0 Å². The summed E-state index contributed by atoms with van der Waals surface area (Å²) in [5.74, 6) is 0.869. The highest BCUT2D eigenvalue weighted by molar-refractivity contribution is 7.99. The molecule has 3 aromatic rings. The van der Waals surface area contributed by atoms with E-state index in [0.717, 1.165) is 23.0 Å². The Morgan fingerprint density at radius 1 is 1.26 bits per heavy atom. The summed E-state index contributed by atoms with van der Waals surface area (Å²) >= 11 is 1.15. The van der Waals surface area contributed by atoms with E-state index < -0.39 is 0 Å². The molecule has 31 heavy (non-hydrogen) atoms. The molecule has 1 aliphatic heterocycles. The summed E-state index contributed by atoms with van der Waals surface area (Å²) < 4.78 is 10.9. The number of aryl methyl sites for hydroxylation is 1. The Balaban J connectivity index is 1.32. The van der Waals surface area contributed by atoms with Crippen LogP contribution >= 0.6 is 11.8 Å². The molecule has 0 unspecified atom stereocenters. The van der Waals surface area contributed by atoms with E-state index in [-0.39, 0.29) is 23.5 Å². The molecule has 2 amide bonds. The number of anilines is 2. The summed E-state index contributed by atoms with van der Waals surface area (Å²) in [6.45, 7) is 2.50. The van der Waals surface area contributed by atoms with Crippen LogP contribution in [0.5, 0.6) is 5.75 Å². The topological polar surface area (TPSA) is 97.6 Å². The molecule has 2 heterocycles. The first-order valence-corrected chi connectivity index (χ1v) is 10.8. The average molecular weight is 439 g/mol. The Morgan fingerprint density at radius 3 is 2.84 bits per heavy atom. The largest absolute Gasteiger partial charge is 0.497 e. The van der Waals surface area contributed by atoms with Gasteiger partial charge < -0.3 is 19.4 Å². The van der Waals surface area contributed by atoms with Gasteiger partial charge in [0.25, 0.3) is 5.22 Å². The highest BCUT2D eigenvalue weighted by Gasteiger charge is 2.35. The molecule has 8 nitrogen and oxygen atoms in total. The van der Waals surface area contributed by atoms with E-state index in [1.165, 1.54) is 0 Å². The van der Waals surface area contributed by atoms with Crippen molar-refractivity contribution >= 4 is 35.0 Å². The Bertz CT molecular complexity index is 1080. The minimum absolute atomic E-state index is 0.0268. The summed E-state index contributed by atoms with van der Waals surface area (Å²) in [6, 6.07) is 15.0. The normalized spacial score (nSPS) is 15.9. The predicted octanol–water partition coefficient (Wildman–Crippen LogP) is 3.64. The zero-order chi connectivity index (χ0) is 21.8. The van der Waals surface area contributed by atoms with Gasteiger partial charge in [0.05, 0.1) is 18.8 Å². The standard InChI is InChI=1S/C22H22N4O4S/c1-14-6-8-17(9-7-14)26-12-15(10-20(26)28)21-24-25-22(30-21)31-13-19(27)23-16-4-3-5-18(11-16)29-2/h3-9,11,15H,10,12-13H2,1-2H3,(H,23,27)/t15-/m1/s1. The van der Waals surface area contributed by atoms with E-state index in [1.807, 2.05) is 31.2 Å². The maximum absolute atomic E-state index is 12.5. The van der Waals surface area contributed by atoms with Crippen molar-refractivity contribution in [3.8, 4) is 5.75 Å². The summed E-state index contributed by atoms with van der Waals surface area (Å²) in [5.41, 5.74) is 2.65. The maximum atomic E-state index is 12.5. The third-order valence-electron chi connectivity index (χ3n) is 4.92. The summed E-state index contributed by atoms with van der Waals surface area (Å²) in [4.78, 5) is 26.4. The molecule has 0 aliphatic carbocycles. The van der Waals surface area contributed by atoms with E-state index >= 15 is 0 Å². The fourth-order valence-corrected chi connectivity index (χ4v) is 3.89. The Morgan fingerprint density at radius 2 is 2.06 bits per heavy atom. The Kier molecular flexibility index (Phi) is 6.22. The molecule has 1 N–H and O–H groups in total. The number of rotatable bonds is 7. The van der Waals surface area contributed by atoms with Crippen molar-refractivity contribution in [2.75, 3.05) is 29.6 Å². The summed E-state index contributed by atoms with van der Waals surface area (Å²) in [6.07, 6.45) is 0.316. The number of nitrogens with zero attached hydrogens (tertiary/aromatic N) is 3. The fraction of sp³-hybridized carbons (Fsp3) is 0.273. The molecule has 1 aromatic heterocycles. The van der Waals surface area contributed by atoms with Crippen molar-refractivity contribution in [1.82, 2.24) is 10.2 Å². The number of carbonyl (C=O) groups is 2. The first-order valence-electron chi connectivity index (χ1n) is 9.79.